The number of hydrogen-bond acceptors (Lipinski definition) is 4. The van der Waals surface area contributed by atoms with E-state index in [1.807, 2.05) is 0 Å². The zero-order valence-electron chi connectivity index (χ0n) is 9.53. The molecule has 2 N–H and O–H groups in total. The first-order valence-electron chi connectivity index (χ1n) is 5.09. The standard InChI is InChI=1S/C13H13NO2S/c1-10(15)17-8-2-3-11-4-6-12(7-5-11)13(16)9-14/h4-7H,8-9,14H2,1H3. The molecule has 0 radical (unpaired) electrons. The summed E-state index contributed by atoms with van der Waals surface area (Å²) in [5.41, 5.74) is 6.67. The summed E-state index contributed by atoms with van der Waals surface area (Å²) < 4.78 is 0. The molecule has 0 saturated heterocycles. The quantitative estimate of drug-likeness (QED) is 0.649. The van der Waals surface area contributed by atoms with Gasteiger partial charge in [0.2, 0.25) is 0 Å². The predicted octanol–water partition coefficient (Wildman–Crippen LogP) is 1.46. The van der Waals surface area contributed by atoms with Crippen molar-refractivity contribution in [3.63, 3.8) is 0 Å². The van der Waals surface area contributed by atoms with Crippen molar-refractivity contribution in [2.45, 2.75) is 6.92 Å². The fourth-order valence-electron chi connectivity index (χ4n) is 1.13. The lowest BCUT2D eigenvalue weighted by molar-refractivity contribution is -0.109. The van der Waals surface area contributed by atoms with Gasteiger partial charge in [-0.05, 0) is 12.1 Å². The average molecular weight is 247 g/mol. The van der Waals surface area contributed by atoms with E-state index < -0.39 is 0 Å². The molecule has 1 aromatic carbocycles. The van der Waals surface area contributed by atoms with Gasteiger partial charge >= 0.3 is 0 Å². The van der Waals surface area contributed by atoms with Gasteiger partial charge in [0.25, 0.3) is 0 Å². The van der Waals surface area contributed by atoms with Crippen molar-refractivity contribution >= 4 is 22.7 Å². The highest BCUT2D eigenvalue weighted by atomic mass is 32.2. The highest BCUT2D eigenvalue weighted by Gasteiger charge is 2.01. The van der Waals surface area contributed by atoms with Crippen LogP contribution in [0.3, 0.4) is 0 Å². The zero-order valence-corrected chi connectivity index (χ0v) is 10.3. The number of carbonyl (C=O) groups excluding carboxylic acids is 2. The lowest BCUT2D eigenvalue weighted by Crippen LogP contribution is -2.13. The van der Waals surface area contributed by atoms with Crippen LogP contribution in [0.2, 0.25) is 0 Å². The zero-order chi connectivity index (χ0) is 12.7. The topological polar surface area (TPSA) is 60.2 Å². The van der Waals surface area contributed by atoms with Crippen LogP contribution < -0.4 is 5.73 Å². The van der Waals surface area contributed by atoms with Gasteiger partial charge in [-0.3, -0.25) is 9.59 Å². The van der Waals surface area contributed by atoms with Crippen LogP contribution in [0.15, 0.2) is 24.3 Å². The third-order valence-electron chi connectivity index (χ3n) is 1.97. The van der Waals surface area contributed by atoms with E-state index in [-0.39, 0.29) is 17.4 Å². The molecule has 3 nitrogen and oxygen atoms in total. The highest BCUT2D eigenvalue weighted by Crippen LogP contribution is 2.04. The van der Waals surface area contributed by atoms with Gasteiger partial charge in [-0.15, -0.1) is 0 Å². The van der Waals surface area contributed by atoms with E-state index in [0.717, 1.165) is 5.56 Å². The molecule has 4 heteroatoms. The average Bonchev–Trinajstić information content (AvgIpc) is 2.34. The summed E-state index contributed by atoms with van der Waals surface area (Å²) in [6, 6.07) is 6.96. The minimum absolute atomic E-state index is 0.0142. The molecular formula is C13H13NO2S. The molecule has 88 valence electrons. The van der Waals surface area contributed by atoms with Crippen LogP contribution >= 0.6 is 11.8 Å². The fraction of sp³-hybridized carbons (Fsp3) is 0.231. The van der Waals surface area contributed by atoms with Gasteiger partial charge in [0.05, 0.1) is 12.3 Å². The fourth-order valence-corrected chi connectivity index (χ4v) is 1.48. The van der Waals surface area contributed by atoms with Crippen molar-refractivity contribution in [2.24, 2.45) is 5.73 Å². The molecule has 0 unspecified atom stereocenters. The lowest BCUT2D eigenvalue weighted by atomic mass is 10.1. The van der Waals surface area contributed by atoms with E-state index in [1.165, 1.54) is 18.7 Å². The summed E-state index contributed by atoms with van der Waals surface area (Å²) >= 11 is 1.18. The molecule has 0 aromatic heterocycles. The Labute approximate surface area is 105 Å². The second-order valence-corrected chi connectivity index (χ2v) is 4.44. The Hall–Kier alpha value is -1.57. The maximum atomic E-state index is 11.3. The van der Waals surface area contributed by atoms with E-state index in [4.69, 9.17) is 5.73 Å². The monoisotopic (exact) mass is 247 g/mol. The minimum atomic E-state index is -0.0864. The maximum Gasteiger partial charge on any atom is 0.186 e. The van der Waals surface area contributed by atoms with Crippen LogP contribution in [0.1, 0.15) is 22.8 Å². The van der Waals surface area contributed by atoms with Crippen molar-refractivity contribution in [3.8, 4) is 11.8 Å². The van der Waals surface area contributed by atoms with Crippen LogP contribution in [-0.2, 0) is 4.79 Å². The number of benzene rings is 1. The van der Waals surface area contributed by atoms with Crippen LogP contribution in [0.4, 0.5) is 0 Å². The van der Waals surface area contributed by atoms with Crippen molar-refractivity contribution in [1.29, 1.82) is 0 Å². The Kier molecular flexibility index (Phi) is 5.47. The van der Waals surface area contributed by atoms with E-state index in [9.17, 15) is 9.59 Å². The largest absolute Gasteiger partial charge is 0.324 e. The number of rotatable bonds is 3. The van der Waals surface area contributed by atoms with Crippen LogP contribution in [0, 0.1) is 11.8 Å². The molecule has 0 amide bonds. The smallest absolute Gasteiger partial charge is 0.186 e. The Balaban J connectivity index is 2.62. The van der Waals surface area contributed by atoms with Crippen molar-refractivity contribution in [1.82, 2.24) is 0 Å². The first-order valence-corrected chi connectivity index (χ1v) is 6.07. The molecule has 0 atom stereocenters. The Morgan fingerprint density at radius 2 is 1.94 bits per heavy atom. The number of thioether (sulfide) groups is 1. The van der Waals surface area contributed by atoms with E-state index in [1.54, 1.807) is 24.3 Å². The molecule has 1 aromatic rings. The molecule has 0 aliphatic heterocycles. The normalized spacial score (nSPS) is 9.29. The number of ketones is 1. The maximum absolute atomic E-state index is 11.3. The van der Waals surface area contributed by atoms with E-state index >= 15 is 0 Å². The van der Waals surface area contributed by atoms with Gasteiger partial charge in [0, 0.05) is 18.1 Å². The van der Waals surface area contributed by atoms with Crippen LogP contribution in [-0.4, -0.2) is 23.2 Å². The summed E-state index contributed by atoms with van der Waals surface area (Å²) in [5, 5.41) is 0.0585. The molecule has 0 aliphatic rings. The SMILES string of the molecule is CC(=O)SCC#Cc1ccc(C(=O)CN)cc1. The molecule has 0 saturated carbocycles. The molecular weight excluding hydrogens is 234 g/mol. The van der Waals surface area contributed by atoms with Crippen molar-refractivity contribution < 1.29 is 9.59 Å². The van der Waals surface area contributed by atoms with E-state index in [2.05, 4.69) is 11.8 Å². The molecule has 0 spiro atoms. The van der Waals surface area contributed by atoms with Gasteiger partial charge in [0.1, 0.15) is 0 Å². The second kappa shape index (κ2) is 6.89. The lowest BCUT2D eigenvalue weighted by Gasteiger charge is -1.97. The predicted molar refractivity (Wildman–Crippen MR) is 69.8 cm³/mol. The first-order chi connectivity index (χ1) is 8.13. The second-order valence-electron chi connectivity index (χ2n) is 3.29. The Morgan fingerprint density at radius 1 is 1.29 bits per heavy atom. The van der Waals surface area contributed by atoms with Crippen molar-refractivity contribution in [3.05, 3.63) is 35.4 Å². The summed E-state index contributed by atoms with van der Waals surface area (Å²) in [6.45, 7) is 1.53. The van der Waals surface area contributed by atoms with Gasteiger partial charge in [0.15, 0.2) is 10.9 Å². The Morgan fingerprint density at radius 3 is 2.47 bits per heavy atom. The highest BCUT2D eigenvalue weighted by molar-refractivity contribution is 8.13. The molecule has 0 heterocycles. The minimum Gasteiger partial charge on any atom is -0.324 e. The third kappa shape index (κ3) is 4.85. The summed E-state index contributed by atoms with van der Waals surface area (Å²) in [7, 11) is 0. The number of carbonyl (C=O) groups is 2. The Bertz CT molecular complexity index is 468. The van der Waals surface area contributed by atoms with Crippen LogP contribution in [0.25, 0.3) is 0 Å². The van der Waals surface area contributed by atoms with Gasteiger partial charge in [-0.2, -0.15) is 0 Å². The summed E-state index contributed by atoms with van der Waals surface area (Å²) in [4.78, 5) is 21.9. The number of Topliss-reactive ketones (excluding diaryl/α,β-unsaturated/α-hetero) is 1. The molecule has 1 rings (SSSR count). The van der Waals surface area contributed by atoms with Crippen molar-refractivity contribution in [2.75, 3.05) is 12.3 Å². The van der Waals surface area contributed by atoms with E-state index in [0.29, 0.717) is 11.3 Å². The molecule has 0 fully saturated rings. The summed E-state index contributed by atoms with van der Waals surface area (Å²) in [5.74, 6) is 6.20. The van der Waals surface area contributed by atoms with Gasteiger partial charge in [-0.1, -0.05) is 35.7 Å². The first kappa shape index (κ1) is 13.5. The molecule has 0 aliphatic carbocycles. The number of nitrogens with two attached hydrogens (primary N) is 1. The summed E-state index contributed by atoms with van der Waals surface area (Å²) in [6.07, 6.45) is 0. The third-order valence-corrected chi connectivity index (χ3v) is 2.67. The number of hydrogen-bond donors (Lipinski definition) is 1. The van der Waals surface area contributed by atoms with Gasteiger partial charge < -0.3 is 5.73 Å². The molecule has 17 heavy (non-hydrogen) atoms. The molecule has 0 bridgehead atoms. The van der Waals surface area contributed by atoms with Crippen LogP contribution in [0.5, 0.6) is 0 Å². The van der Waals surface area contributed by atoms with Gasteiger partial charge in [-0.25, -0.2) is 0 Å².